The molecule has 1 aliphatic heterocycles. The maximum absolute atomic E-state index is 11.5. The number of benzene rings is 2. The van der Waals surface area contributed by atoms with Crippen LogP contribution in [-0.2, 0) is 10.3 Å². The number of ether oxygens (including phenoxy) is 2. The van der Waals surface area contributed by atoms with Crippen molar-refractivity contribution in [1.29, 1.82) is 0 Å². The normalized spacial score (nSPS) is 27.5. The van der Waals surface area contributed by atoms with Crippen LogP contribution in [0, 0.1) is 11.3 Å². The van der Waals surface area contributed by atoms with Crippen molar-refractivity contribution >= 4 is 16.9 Å². The zero-order valence-electron chi connectivity index (χ0n) is 18.1. The van der Waals surface area contributed by atoms with Gasteiger partial charge in [0.25, 0.3) is 0 Å². The molecule has 156 valence electrons. The van der Waals surface area contributed by atoms with E-state index >= 15 is 0 Å². The van der Waals surface area contributed by atoms with Gasteiger partial charge in [0.1, 0.15) is 12.4 Å². The van der Waals surface area contributed by atoms with E-state index in [1.54, 1.807) is 0 Å². The first-order valence-electron chi connectivity index (χ1n) is 10.9. The number of nitrogens with one attached hydrogen (secondary N) is 1. The van der Waals surface area contributed by atoms with Crippen LogP contribution in [0.2, 0.25) is 0 Å². The second-order valence-electron chi connectivity index (χ2n) is 9.69. The SMILES string of the molecule is CCC(C)(C)C1CCC(Oc2ccc3cc(C4(C)COC(=O)N4)ccc3c2)CC1. The van der Waals surface area contributed by atoms with Crippen LogP contribution in [0.5, 0.6) is 5.75 Å². The third-order valence-electron chi connectivity index (χ3n) is 7.31. The predicted molar refractivity (Wildman–Crippen MR) is 116 cm³/mol. The van der Waals surface area contributed by atoms with Crippen molar-refractivity contribution < 1.29 is 14.3 Å². The van der Waals surface area contributed by atoms with Crippen molar-refractivity contribution in [2.45, 2.75) is 71.4 Å². The minimum atomic E-state index is -0.467. The number of hydrogen-bond acceptors (Lipinski definition) is 3. The third-order valence-corrected chi connectivity index (χ3v) is 7.31. The summed E-state index contributed by atoms with van der Waals surface area (Å²) in [6.07, 6.45) is 6.01. The zero-order chi connectivity index (χ0) is 20.6. The van der Waals surface area contributed by atoms with Crippen molar-refractivity contribution in [2.24, 2.45) is 11.3 Å². The van der Waals surface area contributed by atoms with Gasteiger partial charge in [-0.2, -0.15) is 0 Å². The Labute approximate surface area is 174 Å². The molecule has 0 bridgehead atoms. The van der Waals surface area contributed by atoms with Crippen molar-refractivity contribution in [3.8, 4) is 5.75 Å². The lowest BCUT2D eigenvalue weighted by Gasteiger charge is -2.38. The lowest BCUT2D eigenvalue weighted by atomic mass is 9.69. The summed E-state index contributed by atoms with van der Waals surface area (Å²) in [5, 5.41) is 5.21. The fourth-order valence-electron chi connectivity index (χ4n) is 4.75. The molecule has 2 fully saturated rings. The molecule has 1 heterocycles. The molecule has 0 spiro atoms. The van der Waals surface area contributed by atoms with Gasteiger partial charge in [-0.05, 0) is 78.5 Å². The summed E-state index contributed by atoms with van der Waals surface area (Å²) in [6, 6.07) is 12.6. The standard InChI is InChI=1S/C25H33NO3/c1-5-24(2,3)19-9-12-21(13-10-19)29-22-11-7-17-14-20(8-6-18(17)15-22)25(4)16-28-23(27)26-25/h6-8,11,14-15,19,21H,5,9-10,12-13,16H2,1-4H3,(H,26,27). The van der Waals surface area contributed by atoms with Gasteiger partial charge in [0, 0.05) is 0 Å². The van der Waals surface area contributed by atoms with Crippen LogP contribution in [0.1, 0.15) is 65.4 Å². The highest BCUT2D eigenvalue weighted by molar-refractivity contribution is 5.85. The summed E-state index contributed by atoms with van der Waals surface area (Å²) < 4.78 is 11.4. The van der Waals surface area contributed by atoms with Crippen molar-refractivity contribution in [1.82, 2.24) is 5.32 Å². The Kier molecular flexibility index (Phi) is 5.22. The maximum atomic E-state index is 11.5. The second kappa shape index (κ2) is 7.55. The highest BCUT2D eigenvalue weighted by atomic mass is 16.6. The van der Waals surface area contributed by atoms with E-state index in [1.807, 2.05) is 6.92 Å². The molecule has 1 aliphatic carbocycles. The second-order valence-corrected chi connectivity index (χ2v) is 9.69. The van der Waals surface area contributed by atoms with Crippen LogP contribution in [0.4, 0.5) is 4.79 Å². The highest BCUT2D eigenvalue weighted by Gasteiger charge is 2.36. The van der Waals surface area contributed by atoms with Gasteiger partial charge >= 0.3 is 6.09 Å². The van der Waals surface area contributed by atoms with Gasteiger partial charge in [-0.25, -0.2) is 4.79 Å². The minimum Gasteiger partial charge on any atom is -0.490 e. The molecule has 4 nitrogen and oxygen atoms in total. The van der Waals surface area contributed by atoms with Crippen LogP contribution in [-0.4, -0.2) is 18.8 Å². The number of cyclic esters (lactones) is 1. The van der Waals surface area contributed by atoms with E-state index < -0.39 is 5.54 Å². The first-order chi connectivity index (χ1) is 13.8. The summed E-state index contributed by atoms with van der Waals surface area (Å²) >= 11 is 0. The van der Waals surface area contributed by atoms with Crippen LogP contribution in [0.3, 0.4) is 0 Å². The summed E-state index contributed by atoms with van der Waals surface area (Å²) in [5.74, 6) is 1.76. The molecule has 2 aliphatic rings. The molecule has 1 saturated heterocycles. The number of rotatable bonds is 5. The molecule has 4 heteroatoms. The van der Waals surface area contributed by atoms with E-state index in [9.17, 15) is 4.79 Å². The Hall–Kier alpha value is -2.23. The smallest absolute Gasteiger partial charge is 0.408 e. The lowest BCUT2D eigenvalue weighted by Crippen LogP contribution is -2.37. The quantitative estimate of drug-likeness (QED) is 0.659. The first kappa shape index (κ1) is 20.1. The van der Waals surface area contributed by atoms with Crippen LogP contribution in [0.15, 0.2) is 36.4 Å². The maximum Gasteiger partial charge on any atom is 0.408 e. The van der Waals surface area contributed by atoms with Gasteiger partial charge in [0.2, 0.25) is 0 Å². The predicted octanol–water partition coefficient (Wildman–Crippen LogP) is 6.17. The van der Waals surface area contributed by atoms with Crippen LogP contribution in [0.25, 0.3) is 10.8 Å². The Bertz CT molecular complexity index is 898. The van der Waals surface area contributed by atoms with Gasteiger partial charge in [-0.1, -0.05) is 45.4 Å². The average molecular weight is 396 g/mol. The van der Waals surface area contributed by atoms with E-state index in [-0.39, 0.29) is 6.09 Å². The van der Waals surface area contributed by atoms with Crippen molar-refractivity contribution in [3.63, 3.8) is 0 Å². The Morgan fingerprint density at radius 2 is 1.79 bits per heavy atom. The lowest BCUT2D eigenvalue weighted by molar-refractivity contribution is 0.0780. The monoisotopic (exact) mass is 395 g/mol. The molecule has 1 amide bonds. The molecule has 29 heavy (non-hydrogen) atoms. The topological polar surface area (TPSA) is 47.6 Å². The van der Waals surface area contributed by atoms with Gasteiger partial charge < -0.3 is 14.8 Å². The van der Waals surface area contributed by atoms with Gasteiger partial charge in [-0.3, -0.25) is 0 Å². The Balaban J connectivity index is 1.44. The van der Waals surface area contributed by atoms with Gasteiger partial charge in [0.15, 0.2) is 0 Å². The number of carbonyl (C=O) groups is 1. The third kappa shape index (κ3) is 4.08. The van der Waals surface area contributed by atoms with Crippen LogP contribution >= 0.6 is 0 Å². The average Bonchev–Trinajstić information content (AvgIpc) is 3.08. The number of fused-ring (bicyclic) bond motifs is 1. The van der Waals surface area contributed by atoms with Gasteiger partial charge in [0.05, 0.1) is 11.6 Å². The van der Waals surface area contributed by atoms with Gasteiger partial charge in [-0.15, -0.1) is 0 Å². The summed E-state index contributed by atoms with van der Waals surface area (Å²) in [4.78, 5) is 11.5. The largest absolute Gasteiger partial charge is 0.490 e. The molecule has 1 atom stereocenters. The first-order valence-corrected chi connectivity index (χ1v) is 10.9. The number of carbonyl (C=O) groups excluding carboxylic acids is 1. The fraction of sp³-hybridized carbons (Fsp3) is 0.560. The van der Waals surface area contributed by atoms with E-state index in [2.05, 4.69) is 62.5 Å². The van der Waals surface area contributed by atoms with Crippen molar-refractivity contribution in [3.05, 3.63) is 42.0 Å². The molecule has 1 unspecified atom stereocenters. The van der Waals surface area contributed by atoms with E-state index in [1.165, 1.54) is 19.3 Å². The molecular weight excluding hydrogens is 362 g/mol. The number of alkyl carbamates (subject to hydrolysis) is 1. The fourth-order valence-corrected chi connectivity index (χ4v) is 4.75. The summed E-state index contributed by atoms with van der Waals surface area (Å²) in [7, 11) is 0. The molecule has 2 aromatic rings. The summed E-state index contributed by atoms with van der Waals surface area (Å²) in [5.41, 5.74) is 1.03. The molecular formula is C25H33NO3. The van der Waals surface area contributed by atoms with E-state index in [0.717, 1.165) is 40.8 Å². The number of amides is 1. The van der Waals surface area contributed by atoms with E-state index in [4.69, 9.17) is 9.47 Å². The molecule has 1 N–H and O–H groups in total. The highest BCUT2D eigenvalue weighted by Crippen LogP contribution is 2.41. The molecule has 2 aromatic carbocycles. The number of hydrogen-bond donors (Lipinski definition) is 1. The molecule has 0 aromatic heterocycles. The summed E-state index contributed by atoms with van der Waals surface area (Å²) in [6.45, 7) is 9.46. The molecule has 0 radical (unpaired) electrons. The molecule has 1 saturated carbocycles. The Morgan fingerprint density at radius 3 is 2.45 bits per heavy atom. The van der Waals surface area contributed by atoms with Crippen LogP contribution < -0.4 is 10.1 Å². The van der Waals surface area contributed by atoms with Crippen molar-refractivity contribution in [2.75, 3.05) is 6.61 Å². The zero-order valence-corrected chi connectivity index (χ0v) is 18.1. The molecule has 4 rings (SSSR count). The van der Waals surface area contributed by atoms with E-state index in [0.29, 0.717) is 18.1 Å². The minimum absolute atomic E-state index is 0.320. The Morgan fingerprint density at radius 1 is 1.10 bits per heavy atom.